The molecular weight excluding hydrogens is 136 g/mol. The molecule has 1 atom stereocenters. The molecule has 0 N–H and O–H groups in total. The summed E-state index contributed by atoms with van der Waals surface area (Å²) in [7, 11) is 0. The van der Waals surface area contributed by atoms with Gasteiger partial charge in [0, 0.05) is 0 Å². The van der Waals surface area contributed by atoms with Gasteiger partial charge in [-0.1, -0.05) is 0 Å². The maximum atomic E-state index is 5.09. The average Bonchev–Trinajstić information content (AvgIpc) is 2.34. The molecule has 1 unspecified atom stereocenters. The summed E-state index contributed by atoms with van der Waals surface area (Å²) in [4.78, 5) is 0. The lowest BCUT2D eigenvalue weighted by atomic mass is 10.3. The first-order chi connectivity index (χ1) is 4.43. The van der Waals surface area contributed by atoms with E-state index in [2.05, 4.69) is 6.26 Å². The minimum Gasteiger partial charge on any atom is -0.345 e. The zero-order valence-corrected chi connectivity index (χ0v) is 6.32. The summed E-state index contributed by atoms with van der Waals surface area (Å²) in [6.45, 7) is 2.17. The number of thioether (sulfide) groups is 1. The van der Waals surface area contributed by atoms with Crippen LogP contribution in [-0.4, -0.2) is 24.7 Å². The topological polar surface area (TPSA) is 18.5 Å². The van der Waals surface area contributed by atoms with E-state index in [4.69, 9.17) is 9.47 Å². The van der Waals surface area contributed by atoms with Gasteiger partial charge in [0.15, 0.2) is 0 Å². The summed E-state index contributed by atoms with van der Waals surface area (Å²) < 4.78 is 9.99. The second kappa shape index (κ2) is 4.14. The lowest BCUT2D eigenvalue weighted by Gasteiger charge is -2.03. The standard InChI is InChI=1S/C6H11O2S/c1-9-3-2-6-4-7-5-8-6/h5-6H,2-4H2,1H3. The molecule has 1 radical (unpaired) electrons. The van der Waals surface area contributed by atoms with Crippen molar-refractivity contribution in [1.82, 2.24) is 0 Å². The lowest BCUT2D eigenvalue weighted by molar-refractivity contribution is 0.126. The Morgan fingerprint density at radius 3 is 3.22 bits per heavy atom. The molecule has 2 nitrogen and oxygen atoms in total. The summed E-state index contributed by atoms with van der Waals surface area (Å²) >= 11 is 1.84. The number of rotatable bonds is 3. The van der Waals surface area contributed by atoms with E-state index >= 15 is 0 Å². The van der Waals surface area contributed by atoms with E-state index < -0.39 is 0 Å². The predicted octanol–water partition coefficient (Wildman–Crippen LogP) is 1.27. The second-order valence-corrected chi connectivity index (χ2v) is 2.95. The van der Waals surface area contributed by atoms with Crippen LogP contribution in [0, 0.1) is 6.79 Å². The van der Waals surface area contributed by atoms with E-state index in [1.165, 1.54) is 6.79 Å². The minimum atomic E-state index is 0.317. The van der Waals surface area contributed by atoms with E-state index in [0.29, 0.717) is 6.10 Å². The quantitative estimate of drug-likeness (QED) is 0.599. The molecule has 0 aliphatic carbocycles. The molecule has 0 spiro atoms. The Labute approximate surface area is 59.9 Å². The van der Waals surface area contributed by atoms with Gasteiger partial charge in [-0.25, -0.2) is 0 Å². The Morgan fingerprint density at radius 2 is 2.67 bits per heavy atom. The summed E-state index contributed by atoms with van der Waals surface area (Å²) in [6.07, 6.45) is 3.51. The fraction of sp³-hybridized carbons (Fsp3) is 0.833. The van der Waals surface area contributed by atoms with Crippen molar-refractivity contribution in [3.05, 3.63) is 6.79 Å². The van der Waals surface area contributed by atoms with E-state index in [9.17, 15) is 0 Å². The molecule has 0 aromatic heterocycles. The van der Waals surface area contributed by atoms with Gasteiger partial charge in [0.2, 0.25) is 6.79 Å². The highest BCUT2D eigenvalue weighted by molar-refractivity contribution is 7.98. The van der Waals surface area contributed by atoms with Crippen LogP contribution >= 0.6 is 11.8 Å². The molecule has 1 heterocycles. The van der Waals surface area contributed by atoms with Crippen LogP contribution < -0.4 is 0 Å². The smallest absolute Gasteiger partial charge is 0.209 e. The van der Waals surface area contributed by atoms with Gasteiger partial charge in [-0.2, -0.15) is 11.8 Å². The van der Waals surface area contributed by atoms with Crippen molar-refractivity contribution >= 4 is 11.8 Å². The van der Waals surface area contributed by atoms with Gasteiger partial charge in [-0.05, 0) is 18.4 Å². The molecule has 53 valence electrons. The molecule has 1 rings (SSSR count). The normalized spacial score (nSPS) is 27.0. The Bertz CT molecular complexity index is 71.5. The summed E-state index contributed by atoms with van der Waals surface area (Å²) in [5.74, 6) is 1.15. The molecular formula is C6H11O2S. The lowest BCUT2D eigenvalue weighted by Crippen LogP contribution is -2.09. The van der Waals surface area contributed by atoms with Crippen LogP contribution in [0.3, 0.4) is 0 Å². The maximum Gasteiger partial charge on any atom is 0.209 e. The SMILES string of the molecule is CSCCC1CO[CH]O1. The molecule has 9 heavy (non-hydrogen) atoms. The molecule has 1 aliphatic rings. The van der Waals surface area contributed by atoms with Crippen molar-refractivity contribution in [2.75, 3.05) is 18.6 Å². The van der Waals surface area contributed by atoms with Crippen molar-refractivity contribution in [1.29, 1.82) is 0 Å². The fourth-order valence-electron chi connectivity index (χ4n) is 0.704. The number of ether oxygens (including phenoxy) is 2. The number of hydrogen-bond donors (Lipinski definition) is 0. The van der Waals surface area contributed by atoms with Crippen molar-refractivity contribution in [2.45, 2.75) is 12.5 Å². The first-order valence-electron chi connectivity index (χ1n) is 3.01. The van der Waals surface area contributed by atoms with Crippen LogP contribution in [-0.2, 0) is 9.47 Å². The summed E-state index contributed by atoms with van der Waals surface area (Å²) in [6, 6.07) is 0. The highest BCUT2D eigenvalue weighted by Crippen LogP contribution is 2.12. The van der Waals surface area contributed by atoms with E-state index in [1.807, 2.05) is 11.8 Å². The fourth-order valence-corrected chi connectivity index (χ4v) is 1.20. The Morgan fingerprint density at radius 1 is 1.78 bits per heavy atom. The van der Waals surface area contributed by atoms with Gasteiger partial charge in [0.05, 0.1) is 12.7 Å². The first-order valence-corrected chi connectivity index (χ1v) is 4.40. The average molecular weight is 147 g/mol. The van der Waals surface area contributed by atoms with Crippen LogP contribution in [0.4, 0.5) is 0 Å². The molecule has 0 bridgehead atoms. The Hall–Kier alpha value is 0.270. The van der Waals surface area contributed by atoms with Gasteiger partial charge in [0.1, 0.15) is 0 Å². The van der Waals surface area contributed by atoms with Crippen LogP contribution in [0.5, 0.6) is 0 Å². The van der Waals surface area contributed by atoms with E-state index in [-0.39, 0.29) is 0 Å². The van der Waals surface area contributed by atoms with Crippen LogP contribution in [0.1, 0.15) is 6.42 Å². The van der Waals surface area contributed by atoms with Gasteiger partial charge in [-0.3, -0.25) is 0 Å². The van der Waals surface area contributed by atoms with Crippen molar-refractivity contribution < 1.29 is 9.47 Å². The Balaban J connectivity index is 1.98. The van der Waals surface area contributed by atoms with Crippen LogP contribution in [0.2, 0.25) is 0 Å². The van der Waals surface area contributed by atoms with Gasteiger partial charge >= 0.3 is 0 Å². The highest BCUT2D eigenvalue weighted by Gasteiger charge is 2.15. The second-order valence-electron chi connectivity index (χ2n) is 1.97. The third-order valence-electron chi connectivity index (χ3n) is 1.24. The van der Waals surface area contributed by atoms with Crippen molar-refractivity contribution in [3.63, 3.8) is 0 Å². The van der Waals surface area contributed by atoms with Crippen LogP contribution in [0.25, 0.3) is 0 Å². The largest absolute Gasteiger partial charge is 0.345 e. The van der Waals surface area contributed by atoms with E-state index in [0.717, 1.165) is 18.8 Å². The molecule has 0 amide bonds. The third-order valence-corrected chi connectivity index (χ3v) is 1.89. The van der Waals surface area contributed by atoms with Gasteiger partial charge in [-0.15, -0.1) is 0 Å². The molecule has 1 saturated heterocycles. The van der Waals surface area contributed by atoms with E-state index in [1.54, 1.807) is 0 Å². The monoisotopic (exact) mass is 147 g/mol. The molecule has 0 saturated carbocycles. The van der Waals surface area contributed by atoms with Crippen LogP contribution in [0.15, 0.2) is 0 Å². The van der Waals surface area contributed by atoms with Gasteiger partial charge < -0.3 is 9.47 Å². The maximum absolute atomic E-state index is 5.09. The zero-order valence-electron chi connectivity index (χ0n) is 5.50. The third kappa shape index (κ3) is 2.56. The molecule has 3 heteroatoms. The zero-order chi connectivity index (χ0) is 6.53. The van der Waals surface area contributed by atoms with Gasteiger partial charge in [0.25, 0.3) is 0 Å². The molecule has 0 aromatic carbocycles. The predicted molar refractivity (Wildman–Crippen MR) is 38.1 cm³/mol. The van der Waals surface area contributed by atoms with Crippen molar-refractivity contribution in [3.8, 4) is 0 Å². The minimum absolute atomic E-state index is 0.317. The molecule has 0 aromatic rings. The summed E-state index contributed by atoms with van der Waals surface area (Å²) in [5, 5.41) is 0. The summed E-state index contributed by atoms with van der Waals surface area (Å²) in [5.41, 5.74) is 0. The number of hydrogen-bond acceptors (Lipinski definition) is 3. The molecule has 1 fully saturated rings. The Kier molecular flexibility index (Phi) is 3.40. The highest BCUT2D eigenvalue weighted by atomic mass is 32.2. The molecule has 1 aliphatic heterocycles. The first kappa shape index (κ1) is 7.38. The van der Waals surface area contributed by atoms with Crippen molar-refractivity contribution in [2.24, 2.45) is 0 Å².